The van der Waals surface area contributed by atoms with E-state index >= 15 is 0 Å². The molecular formula is C14H19NO3. The number of rotatable bonds is 7. The fraction of sp³-hybridized carbons (Fsp3) is 0.429. The third-order valence-electron chi connectivity index (χ3n) is 2.72. The number of carbonyl (C=O) groups excluding carboxylic acids is 2. The van der Waals surface area contributed by atoms with E-state index in [2.05, 4.69) is 5.32 Å². The number of aryl methyl sites for hydroxylation is 1. The molecule has 0 saturated heterocycles. The second kappa shape index (κ2) is 7.61. The van der Waals surface area contributed by atoms with Crippen LogP contribution in [0.4, 0.5) is 0 Å². The average Bonchev–Trinajstić information content (AvgIpc) is 2.43. The van der Waals surface area contributed by atoms with Crippen LogP contribution >= 0.6 is 0 Å². The monoisotopic (exact) mass is 249 g/mol. The van der Waals surface area contributed by atoms with Crippen molar-refractivity contribution in [3.8, 4) is 0 Å². The maximum atomic E-state index is 11.6. The zero-order chi connectivity index (χ0) is 13.4. The summed E-state index contributed by atoms with van der Waals surface area (Å²) < 4.78 is 4.73. The van der Waals surface area contributed by atoms with Gasteiger partial charge in [0.2, 0.25) is 0 Å². The minimum absolute atomic E-state index is 0.334. The number of aldehydes is 1. The lowest BCUT2D eigenvalue weighted by Gasteiger charge is -2.18. The van der Waals surface area contributed by atoms with Crippen LogP contribution in [-0.4, -0.2) is 31.4 Å². The van der Waals surface area contributed by atoms with E-state index in [0.717, 1.165) is 18.3 Å². The lowest BCUT2D eigenvalue weighted by atomic mass is 10.0. The summed E-state index contributed by atoms with van der Waals surface area (Å²) in [6, 6.07) is 9.09. The average molecular weight is 249 g/mol. The summed E-state index contributed by atoms with van der Waals surface area (Å²) >= 11 is 0. The molecule has 4 heteroatoms. The summed E-state index contributed by atoms with van der Waals surface area (Å²) in [5.41, 5.74) is 1.16. The van der Waals surface area contributed by atoms with Crippen molar-refractivity contribution in [2.24, 2.45) is 0 Å². The van der Waals surface area contributed by atoms with Crippen molar-refractivity contribution < 1.29 is 14.3 Å². The van der Waals surface area contributed by atoms with Gasteiger partial charge < -0.3 is 9.53 Å². The molecule has 0 aliphatic heterocycles. The highest BCUT2D eigenvalue weighted by Gasteiger charge is 2.20. The van der Waals surface area contributed by atoms with E-state index in [1.165, 1.54) is 7.11 Å². The Morgan fingerprint density at radius 2 is 2.06 bits per heavy atom. The summed E-state index contributed by atoms with van der Waals surface area (Å²) in [5.74, 6) is -0.334. The van der Waals surface area contributed by atoms with Crippen LogP contribution in [0.2, 0.25) is 0 Å². The molecule has 0 bridgehead atoms. The first-order chi connectivity index (χ1) is 8.67. The molecule has 0 amide bonds. The number of nitrogens with one attached hydrogen (secondary N) is 1. The predicted molar refractivity (Wildman–Crippen MR) is 69.2 cm³/mol. The van der Waals surface area contributed by atoms with Gasteiger partial charge in [0.15, 0.2) is 0 Å². The molecule has 1 rings (SSSR count). The molecule has 0 saturated carbocycles. The van der Waals surface area contributed by atoms with Crippen LogP contribution in [0.25, 0.3) is 0 Å². The van der Waals surface area contributed by atoms with Gasteiger partial charge in [-0.1, -0.05) is 30.3 Å². The van der Waals surface area contributed by atoms with Gasteiger partial charge in [-0.05, 0) is 25.3 Å². The molecular weight excluding hydrogens is 230 g/mol. The van der Waals surface area contributed by atoms with Crippen LogP contribution in [0, 0.1) is 0 Å². The summed E-state index contributed by atoms with van der Waals surface area (Å²) in [6.07, 6.45) is 2.15. The summed E-state index contributed by atoms with van der Waals surface area (Å²) in [5, 5.41) is 2.94. The minimum atomic E-state index is -0.449. The number of benzene rings is 1. The molecule has 0 radical (unpaired) electrons. The molecule has 1 aromatic carbocycles. The Kier molecular flexibility index (Phi) is 6.08. The Bertz CT molecular complexity index is 378. The summed E-state index contributed by atoms with van der Waals surface area (Å²) in [7, 11) is 1.35. The SMILES string of the molecule is COC(=O)C(CCc1ccccc1)NC(C)C=O. The Labute approximate surface area is 107 Å². The van der Waals surface area contributed by atoms with Crippen LogP contribution in [-0.2, 0) is 20.7 Å². The number of hydrogen-bond donors (Lipinski definition) is 1. The van der Waals surface area contributed by atoms with Crippen LogP contribution in [0.1, 0.15) is 18.9 Å². The Morgan fingerprint density at radius 3 is 2.61 bits per heavy atom. The molecule has 1 N–H and O–H groups in total. The molecule has 0 heterocycles. The highest BCUT2D eigenvalue weighted by Crippen LogP contribution is 2.06. The fourth-order valence-corrected chi connectivity index (χ4v) is 1.72. The molecule has 0 aliphatic carbocycles. The third-order valence-corrected chi connectivity index (χ3v) is 2.72. The van der Waals surface area contributed by atoms with E-state index in [1.54, 1.807) is 6.92 Å². The quantitative estimate of drug-likeness (QED) is 0.585. The van der Waals surface area contributed by atoms with E-state index in [1.807, 2.05) is 30.3 Å². The molecule has 0 fully saturated rings. The zero-order valence-corrected chi connectivity index (χ0v) is 10.8. The predicted octanol–water partition coefficient (Wildman–Crippen LogP) is 1.34. The van der Waals surface area contributed by atoms with Crippen molar-refractivity contribution in [3.05, 3.63) is 35.9 Å². The van der Waals surface area contributed by atoms with Crippen molar-refractivity contribution >= 4 is 12.3 Å². The maximum absolute atomic E-state index is 11.6. The first-order valence-electron chi connectivity index (χ1n) is 6.00. The molecule has 4 nitrogen and oxygen atoms in total. The van der Waals surface area contributed by atoms with Gasteiger partial charge in [0.25, 0.3) is 0 Å². The summed E-state index contributed by atoms with van der Waals surface area (Å²) in [6.45, 7) is 1.71. The Hall–Kier alpha value is -1.68. The van der Waals surface area contributed by atoms with Gasteiger partial charge in [0.05, 0.1) is 13.2 Å². The number of ether oxygens (including phenoxy) is 1. The molecule has 98 valence electrons. The minimum Gasteiger partial charge on any atom is -0.468 e. The standard InChI is InChI=1S/C14H19NO3/c1-11(10-16)15-13(14(17)18-2)9-8-12-6-4-3-5-7-12/h3-7,10-11,13,15H,8-9H2,1-2H3. The fourth-order valence-electron chi connectivity index (χ4n) is 1.72. The number of esters is 1. The normalized spacial score (nSPS) is 13.7. The molecule has 0 aliphatic rings. The molecule has 2 unspecified atom stereocenters. The van der Waals surface area contributed by atoms with Gasteiger partial charge >= 0.3 is 5.97 Å². The van der Waals surface area contributed by atoms with Crippen molar-refractivity contribution in [1.29, 1.82) is 0 Å². The highest BCUT2D eigenvalue weighted by atomic mass is 16.5. The summed E-state index contributed by atoms with van der Waals surface area (Å²) in [4.78, 5) is 22.2. The van der Waals surface area contributed by atoms with Crippen molar-refractivity contribution in [1.82, 2.24) is 5.32 Å². The van der Waals surface area contributed by atoms with Crippen LogP contribution in [0.3, 0.4) is 0 Å². The number of methoxy groups -OCH3 is 1. The lowest BCUT2D eigenvalue weighted by Crippen LogP contribution is -2.43. The van der Waals surface area contributed by atoms with E-state index in [9.17, 15) is 9.59 Å². The third kappa shape index (κ3) is 4.67. The van der Waals surface area contributed by atoms with Gasteiger partial charge in [-0.3, -0.25) is 10.1 Å². The smallest absolute Gasteiger partial charge is 0.322 e. The molecule has 18 heavy (non-hydrogen) atoms. The lowest BCUT2D eigenvalue weighted by molar-refractivity contribution is -0.143. The van der Waals surface area contributed by atoms with Crippen molar-refractivity contribution in [3.63, 3.8) is 0 Å². The molecule has 2 atom stereocenters. The molecule has 0 spiro atoms. The van der Waals surface area contributed by atoms with Gasteiger partial charge in [-0.15, -0.1) is 0 Å². The van der Waals surface area contributed by atoms with E-state index in [0.29, 0.717) is 6.42 Å². The van der Waals surface area contributed by atoms with E-state index in [4.69, 9.17) is 4.74 Å². The van der Waals surface area contributed by atoms with Crippen LogP contribution < -0.4 is 5.32 Å². The van der Waals surface area contributed by atoms with Crippen molar-refractivity contribution in [2.75, 3.05) is 7.11 Å². The second-order valence-corrected chi connectivity index (χ2v) is 4.19. The van der Waals surface area contributed by atoms with E-state index < -0.39 is 6.04 Å². The topological polar surface area (TPSA) is 55.4 Å². The Morgan fingerprint density at radius 1 is 1.39 bits per heavy atom. The van der Waals surface area contributed by atoms with Gasteiger partial charge in [0, 0.05) is 0 Å². The maximum Gasteiger partial charge on any atom is 0.322 e. The highest BCUT2D eigenvalue weighted by molar-refractivity contribution is 5.76. The second-order valence-electron chi connectivity index (χ2n) is 4.19. The largest absolute Gasteiger partial charge is 0.468 e. The first-order valence-corrected chi connectivity index (χ1v) is 6.00. The first kappa shape index (κ1) is 14.4. The van der Waals surface area contributed by atoms with Gasteiger partial charge in [-0.25, -0.2) is 0 Å². The number of hydrogen-bond acceptors (Lipinski definition) is 4. The Balaban J connectivity index is 2.56. The van der Waals surface area contributed by atoms with Crippen LogP contribution in [0.15, 0.2) is 30.3 Å². The van der Waals surface area contributed by atoms with Crippen LogP contribution in [0.5, 0.6) is 0 Å². The van der Waals surface area contributed by atoms with Gasteiger partial charge in [0.1, 0.15) is 12.3 Å². The molecule has 1 aromatic rings. The van der Waals surface area contributed by atoms with Crippen molar-refractivity contribution in [2.45, 2.75) is 31.8 Å². The van der Waals surface area contributed by atoms with E-state index in [-0.39, 0.29) is 12.0 Å². The molecule has 0 aromatic heterocycles. The zero-order valence-electron chi connectivity index (χ0n) is 10.8. The van der Waals surface area contributed by atoms with Gasteiger partial charge in [-0.2, -0.15) is 0 Å². The number of carbonyl (C=O) groups is 2.